The van der Waals surface area contributed by atoms with Crippen molar-refractivity contribution in [2.24, 2.45) is 0 Å². The number of nitriles is 1. The van der Waals surface area contributed by atoms with Crippen molar-refractivity contribution in [1.29, 1.82) is 5.26 Å². The maximum Gasteiger partial charge on any atom is 0.424 e. The van der Waals surface area contributed by atoms with Gasteiger partial charge in [-0.1, -0.05) is 0 Å². The summed E-state index contributed by atoms with van der Waals surface area (Å²) in [6.07, 6.45) is -3.53. The van der Waals surface area contributed by atoms with Crippen LogP contribution in [0.3, 0.4) is 0 Å². The first kappa shape index (κ1) is 20.6. The fourth-order valence-corrected chi connectivity index (χ4v) is 4.27. The van der Waals surface area contributed by atoms with Gasteiger partial charge >= 0.3 is 12.3 Å². The molecule has 0 bridgehead atoms. The number of ether oxygens (including phenoxy) is 1. The number of carbonyl (C=O) groups excluding carboxylic acids is 2. The van der Waals surface area contributed by atoms with Crippen LogP contribution in [-0.2, 0) is 10.9 Å². The Hall–Kier alpha value is -3.26. The van der Waals surface area contributed by atoms with Gasteiger partial charge in [0.15, 0.2) is 0 Å². The highest BCUT2D eigenvalue weighted by Gasteiger charge is 2.39. The lowest BCUT2D eigenvalue weighted by molar-refractivity contribution is -0.136. The predicted octanol–water partition coefficient (Wildman–Crippen LogP) is 3.33. The summed E-state index contributed by atoms with van der Waals surface area (Å²) >= 11 is 0. The van der Waals surface area contributed by atoms with E-state index in [1.807, 2.05) is 6.07 Å². The Balaban J connectivity index is 1.46. The molecule has 2 aliphatic heterocycles. The Kier molecular flexibility index (Phi) is 4.78. The van der Waals surface area contributed by atoms with Gasteiger partial charge in [-0.2, -0.15) is 18.4 Å². The Bertz CT molecular complexity index is 1140. The molecule has 1 aromatic carbocycles. The lowest BCUT2D eigenvalue weighted by Gasteiger charge is -2.37. The minimum absolute atomic E-state index is 0.0195. The third-order valence-corrected chi connectivity index (χ3v) is 6.10. The molecule has 0 atom stereocenters. The molecular weight excluding hydrogens is 429 g/mol. The van der Waals surface area contributed by atoms with Gasteiger partial charge < -0.3 is 14.1 Å². The van der Waals surface area contributed by atoms with Crippen LogP contribution in [0.5, 0.6) is 0 Å². The van der Waals surface area contributed by atoms with Gasteiger partial charge in [0, 0.05) is 31.6 Å². The number of hydrazine groups is 1. The van der Waals surface area contributed by atoms with E-state index in [1.54, 1.807) is 5.01 Å². The van der Waals surface area contributed by atoms with E-state index in [1.165, 1.54) is 16.0 Å². The smallest absolute Gasteiger partial charge is 0.424 e. The third kappa shape index (κ3) is 3.44. The van der Waals surface area contributed by atoms with Crippen molar-refractivity contribution < 1.29 is 31.9 Å². The third-order valence-electron chi connectivity index (χ3n) is 6.10. The molecule has 2 saturated heterocycles. The van der Waals surface area contributed by atoms with Crippen LogP contribution in [0.15, 0.2) is 16.5 Å². The molecular formula is C21H19F3N4O4. The molecule has 2 aromatic rings. The van der Waals surface area contributed by atoms with Crippen LogP contribution < -0.4 is 0 Å². The van der Waals surface area contributed by atoms with Crippen LogP contribution in [0, 0.1) is 11.3 Å². The normalized spacial score (nSPS) is 20.0. The number of amides is 2. The standard InChI is InChI=1S/C21H19F3N4O4/c22-21(23,24)16-10-13(12-1-2-12)9-14-15(11-25)18(32-17(14)16)19(29)26-3-5-27(6-4-26)28-7-8-31-20(28)30/h9-10,12H,1-8H2. The molecule has 0 radical (unpaired) electrons. The highest BCUT2D eigenvalue weighted by molar-refractivity contribution is 6.01. The lowest BCUT2D eigenvalue weighted by Crippen LogP contribution is -2.55. The summed E-state index contributed by atoms with van der Waals surface area (Å²) in [5.74, 6) is -0.982. The first-order chi connectivity index (χ1) is 15.3. The first-order valence-electron chi connectivity index (χ1n) is 10.3. The van der Waals surface area contributed by atoms with Crippen LogP contribution in [0.1, 0.15) is 46.0 Å². The number of rotatable bonds is 3. The number of carbonyl (C=O) groups is 2. The van der Waals surface area contributed by atoms with E-state index >= 15 is 0 Å². The zero-order chi connectivity index (χ0) is 22.6. The van der Waals surface area contributed by atoms with Crippen molar-refractivity contribution >= 4 is 23.0 Å². The van der Waals surface area contributed by atoms with Crippen LogP contribution in [0.4, 0.5) is 18.0 Å². The number of benzene rings is 1. The Morgan fingerprint density at radius 2 is 1.84 bits per heavy atom. The zero-order valence-electron chi connectivity index (χ0n) is 16.9. The molecule has 5 rings (SSSR count). The van der Waals surface area contributed by atoms with E-state index in [0.717, 1.165) is 18.9 Å². The number of halogens is 3. The first-order valence-corrected chi connectivity index (χ1v) is 10.3. The maximum absolute atomic E-state index is 13.7. The molecule has 3 aliphatic rings. The Labute approximate surface area is 180 Å². The number of hydrogen-bond acceptors (Lipinski definition) is 6. The maximum atomic E-state index is 13.7. The number of piperazine rings is 1. The number of hydrogen-bond donors (Lipinski definition) is 0. The molecule has 2 amide bonds. The van der Waals surface area contributed by atoms with Crippen LogP contribution in [0.25, 0.3) is 11.0 Å². The van der Waals surface area contributed by atoms with Crippen molar-refractivity contribution in [1.82, 2.24) is 14.9 Å². The number of nitrogens with zero attached hydrogens (tertiary/aromatic N) is 4. The monoisotopic (exact) mass is 448 g/mol. The second-order valence-corrected chi connectivity index (χ2v) is 8.12. The van der Waals surface area contributed by atoms with Crippen molar-refractivity contribution in [2.75, 3.05) is 39.3 Å². The summed E-state index contributed by atoms with van der Waals surface area (Å²) in [4.78, 5) is 26.3. The zero-order valence-corrected chi connectivity index (χ0v) is 16.9. The Morgan fingerprint density at radius 3 is 2.41 bits per heavy atom. The molecule has 1 aromatic heterocycles. The van der Waals surface area contributed by atoms with Gasteiger partial charge in [-0.25, -0.2) is 14.8 Å². The number of furan rings is 1. The largest absolute Gasteiger partial charge is 0.449 e. The van der Waals surface area contributed by atoms with Crippen molar-refractivity contribution in [2.45, 2.75) is 24.9 Å². The highest BCUT2D eigenvalue weighted by Crippen LogP contribution is 2.46. The van der Waals surface area contributed by atoms with Crippen LogP contribution in [0.2, 0.25) is 0 Å². The van der Waals surface area contributed by atoms with Crippen molar-refractivity contribution in [3.63, 3.8) is 0 Å². The summed E-state index contributed by atoms with van der Waals surface area (Å²) in [7, 11) is 0. The molecule has 3 heterocycles. The minimum Gasteiger partial charge on any atom is -0.449 e. The van der Waals surface area contributed by atoms with E-state index in [2.05, 4.69) is 0 Å². The van der Waals surface area contributed by atoms with Gasteiger partial charge in [0.25, 0.3) is 5.91 Å². The molecule has 32 heavy (non-hydrogen) atoms. The fourth-order valence-electron chi connectivity index (χ4n) is 4.27. The summed E-state index contributed by atoms with van der Waals surface area (Å²) in [6, 6.07) is 4.48. The quantitative estimate of drug-likeness (QED) is 0.716. The molecule has 0 spiro atoms. The summed E-state index contributed by atoms with van der Waals surface area (Å²) in [5, 5.41) is 12.9. The average molecular weight is 448 g/mol. The van der Waals surface area contributed by atoms with E-state index < -0.39 is 29.3 Å². The van der Waals surface area contributed by atoms with E-state index in [-0.39, 0.29) is 35.7 Å². The van der Waals surface area contributed by atoms with E-state index in [4.69, 9.17) is 9.15 Å². The summed E-state index contributed by atoms with van der Waals surface area (Å²) in [5.41, 5.74) is -1.12. The Morgan fingerprint density at radius 1 is 1.12 bits per heavy atom. The number of alkyl halides is 3. The van der Waals surface area contributed by atoms with Gasteiger partial charge in [-0.05, 0) is 36.5 Å². The fraction of sp³-hybridized carbons (Fsp3) is 0.476. The molecule has 1 saturated carbocycles. The van der Waals surface area contributed by atoms with Crippen molar-refractivity contribution in [3.8, 4) is 6.07 Å². The predicted molar refractivity (Wildman–Crippen MR) is 103 cm³/mol. The number of cyclic esters (lactones) is 1. The highest BCUT2D eigenvalue weighted by atomic mass is 19.4. The molecule has 168 valence electrons. The molecule has 1 aliphatic carbocycles. The molecule has 0 unspecified atom stereocenters. The average Bonchev–Trinajstić information content (AvgIpc) is 3.43. The molecule has 3 fully saturated rings. The molecule has 11 heteroatoms. The van der Waals surface area contributed by atoms with E-state index in [0.29, 0.717) is 31.8 Å². The van der Waals surface area contributed by atoms with Gasteiger partial charge in [0.05, 0.1) is 12.1 Å². The number of fused-ring (bicyclic) bond motifs is 1. The van der Waals surface area contributed by atoms with E-state index in [9.17, 15) is 28.0 Å². The van der Waals surface area contributed by atoms with Crippen LogP contribution >= 0.6 is 0 Å². The van der Waals surface area contributed by atoms with Crippen molar-refractivity contribution in [3.05, 3.63) is 34.6 Å². The van der Waals surface area contributed by atoms with Crippen LogP contribution in [-0.4, -0.2) is 66.2 Å². The SMILES string of the molecule is N#Cc1c(C(=O)N2CCN(N3CCOC3=O)CC2)oc2c(C(F)(F)F)cc(C3CC3)cc12. The molecule has 8 nitrogen and oxygen atoms in total. The lowest BCUT2D eigenvalue weighted by atomic mass is 10.0. The van der Waals surface area contributed by atoms with Gasteiger partial charge in [0.2, 0.25) is 5.76 Å². The second kappa shape index (κ2) is 7.41. The molecule has 0 N–H and O–H groups in total. The van der Waals surface area contributed by atoms with Gasteiger partial charge in [-0.15, -0.1) is 0 Å². The second-order valence-electron chi connectivity index (χ2n) is 8.12. The minimum atomic E-state index is -4.68. The van der Waals surface area contributed by atoms with Gasteiger partial charge in [-0.3, -0.25) is 4.79 Å². The topological polar surface area (TPSA) is 90.0 Å². The van der Waals surface area contributed by atoms with Gasteiger partial charge in [0.1, 0.15) is 23.8 Å². The summed E-state index contributed by atoms with van der Waals surface area (Å²) in [6.45, 7) is 1.88. The summed E-state index contributed by atoms with van der Waals surface area (Å²) < 4.78 is 51.5.